The molecular weight excluding hydrogens is 188 g/mol. The summed E-state index contributed by atoms with van der Waals surface area (Å²) in [5.74, 6) is 0. The molecule has 0 unspecified atom stereocenters. The SMILES string of the molecule is COC[C@H](C)NCc1ccc(C#N)cc1. The van der Waals surface area contributed by atoms with Gasteiger partial charge in [-0.25, -0.2) is 0 Å². The molecule has 1 N–H and O–H groups in total. The highest BCUT2D eigenvalue weighted by molar-refractivity contribution is 5.31. The van der Waals surface area contributed by atoms with Crippen molar-refractivity contribution in [1.29, 1.82) is 5.26 Å². The molecule has 3 heteroatoms. The summed E-state index contributed by atoms with van der Waals surface area (Å²) in [5.41, 5.74) is 1.88. The number of nitrogens with zero attached hydrogens (tertiary/aromatic N) is 1. The molecule has 15 heavy (non-hydrogen) atoms. The summed E-state index contributed by atoms with van der Waals surface area (Å²) in [6, 6.07) is 10.0. The number of benzene rings is 1. The van der Waals surface area contributed by atoms with Crippen LogP contribution in [0, 0.1) is 11.3 Å². The predicted octanol–water partition coefficient (Wildman–Crippen LogP) is 1.68. The molecule has 0 fully saturated rings. The van der Waals surface area contributed by atoms with E-state index in [2.05, 4.69) is 18.3 Å². The van der Waals surface area contributed by atoms with Gasteiger partial charge in [0.25, 0.3) is 0 Å². The molecule has 0 aliphatic heterocycles. The largest absolute Gasteiger partial charge is 0.383 e. The van der Waals surface area contributed by atoms with E-state index in [0.29, 0.717) is 18.2 Å². The van der Waals surface area contributed by atoms with Gasteiger partial charge in [-0.3, -0.25) is 0 Å². The number of methoxy groups -OCH3 is 1. The van der Waals surface area contributed by atoms with E-state index in [0.717, 1.165) is 6.54 Å². The molecule has 0 aliphatic carbocycles. The number of hydrogen-bond donors (Lipinski definition) is 1. The Labute approximate surface area is 90.7 Å². The van der Waals surface area contributed by atoms with Gasteiger partial charge in [-0.15, -0.1) is 0 Å². The van der Waals surface area contributed by atoms with Crippen molar-refractivity contribution >= 4 is 0 Å². The molecule has 0 radical (unpaired) electrons. The standard InChI is InChI=1S/C12H16N2O/c1-10(9-15-2)14-8-12-5-3-11(7-13)4-6-12/h3-6,10,14H,8-9H2,1-2H3/t10-/m0/s1. The quantitative estimate of drug-likeness (QED) is 0.793. The summed E-state index contributed by atoms with van der Waals surface area (Å²) < 4.78 is 5.02. The zero-order valence-corrected chi connectivity index (χ0v) is 9.16. The molecule has 0 saturated carbocycles. The van der Waals surface area contributed by atoms with Crippen molar-refractivity contribution in [3.63, 3.8) is 0 Å². The van der Waals surface area contributed by atoms with Crippen LogP contribution in [-0.2, 0) is 11.3 Å². The number of nitrogens with one attached hydrogen (secondary N) is 1. The average Bonchev–Trinajstić information content (AvgIpc) is 2.27. The van der Waals surface area contributed by atoms with Crippen molar-refractivity contribution in [2.75, 3.05) is 13.7 Å². The Bertz CT molecular complexity index is 326. The first-order valence-electron chi connectivity index (χ1n) is 4.97. The molecule has 0 heterocycles. The Balaban J connectivity index is 2.41. The lowest BCUT2D eigenvalue weighted by atomic mass is 10.1. The molecule has 0 amide bonds. The highest BCUT2D eigenvalue weighted by Crippen LogP contribution is 2.03. The molecule has 0 spiro atoms. The van der Waals surface area contributed by atoms with Crippen LogP contribution in [0.2, 0.25) is 0 Å². The molecule has 1 atom stereocenters. The third-order valence-electron chi connectivity index (χ3n) is 2.15. The Kier molecular flexibility index (Phi) is 4.82. The predicted molar refractivity (Wildman–Crippen MR) is 59.3 cm³/mol. The fourth-order valence-electron chi connectivity index (χ4n) is 1.30. The molecule has 0 aliphatic rings. The van der Waals surface area contributed by atoms with E-state index in [1.807, 2.05) is 24.3 Å². The van der Waals surface area contributed by atoms with Crippen LogP contribution < -0.4 is 5.32 Å². The lowest BCUT2D eigenvalue weighted by Gasteiger charge is -2.12. The number of ether oxygens (including phenoxy) is 1. The minimum atomic E-state index is 0.339. The van der Waals surface area contributed by atoms with Crippen LogP contribution in [0.5, 0.6) is 0 Å². The van der Waals surface area contributed by atoms with Gasteiger partial charge in [0.15, 0.2) is 0 Å². The molecule has 1 rings (SSSR count). The van der Waals surface area contributed by atoms with Gasteiger partial charge in [0.2, 0.25) is 0 Å². The summed E-state index contributed by atoms with van der Waals surface area (Å²) in [5, 5.41) is 12.0. The average molecular weight is 204 g/mol. The van der Waals surface area contributed by atoms with Crippen molar-refractivity contribution in [3.8, 4) is 6.07 Å². The molecule has 3 nitrogen and oxygen atoms in total. The third-order valence-corrected chi connectivity index (χ3v) is 2.15. The first kappa shape index (κ1) is 11.7. The Morgan fingerprint density at radius 1 is 1.40 bits per heavy atom. The summed E-state index contributed by atoms with van der Waals surface area (Å²) in [7, 11) is 1.69. The first-order chi connectivity index (χ1) is 7.26. The zero-order valence-electron chi connectivity index (χ0n) is 9.16. The normalized spacial score (nSPS) is 12.1. The van der Waals surface area contributed by atoms with Crippen molar-refractivity contribution in [1.82, 2.24) is 5.32 Å². The monoisotopic (exact) mass is 204 g/mol. The zero-order chi connectivity index (χ0) is 11.1. The molecule has 0 aromatic heterocycles. The van der Waals surface area contributed by atoms with E-state index in [4.69, 9.17) is 10.00 Å². The van der Waals surface area contributed by atoms with Gasteiger partial charge < -0.3 is 10.1 Å². The van der Waals surface area contributed by atoms with E-state index in [1.54, 1.807) is 7.11 Å². The summed E-state index contributed by atoms with van der Waals surface area (Å²) in [6.45, 7) is 3.58. The first-order valence-corrected chi connectivity index (χ1v) is 4.97. The van der Waals surface area contributed by atoms with Gasteiger partial charge in [0.05, 0.1) is 18.2 Å². The van der Waals surface area contributed by atoms with Gasteiger partial charge in [0, 0.05) is 19.7 Å². The Hall–Kier alpha value is -1.37. The van der Waals surface area contributed by atoms with Gasteiger partial charge >= 0.3 is 0 Å². The maximum atomic E-state index is 8.63. The van der Waals surface area contributed by atoms with Crippen molar-refractivity contribution in [3.05, 3.63) is 35.4 Å². The third kappa shape index (κ3) is 4.11. The lowest BCUT2D eigenvalue weighted by Crippen LogP contribution is -2.29. The van der Waals surface area contributed by atoms with Gasteiger partial charge in [-0.05, 0) is 24.6 Å². The van der Waals surface area contributed by atoms with E-state index in [9.17, 15) is 0 Å². The smallest absolute Gasteiger partial charge is 0.0991 e. The maximum Gasteiger partial charge on any atom is 0.0991 e. The molecular formula is C12H16N2O. The van der Waals surface area contributed by atoms with Crippen LogP contribution in [0.25, 0.3) is 0 Å². The van der Waals surface area contributed by atoms with E-state index in [1.165, 1.54) is 5.56 Å². The van der Waals surface area contributed by atoms with Gasteiger partial charge in [-0.1, -0.05) is 12.1 Å². The Morgan fingerprint density at radius 2 is 2.07 bits per heavy atom. The second-order valence-corrected chi connectivity index (χ2v) is 3.55. The Morgan fingerprint density at radius 3 is 2.60 bits per heavy atom. The van der Waals surface area contributed by atoms with Gasteiger partial charge in [0.1, 0.15) is 0 Å². The number of nitriles is 1. The van der Waals surface area contributed by atoms with Crippen LogP contribution in [0.4, 0.5) is 0 Å². The minimum Gasteiger partial charge on any atom is -0.383 e. The van der Waals surface area contributed by atoms with E-state index in [-0.39, 0.29) is 0 Å². The van der Waals surface area contributed by atoms with Gasteiger partial charge in [-0.2, -0.15) is 5.26 Å². The summed E-state index contributed by atoms with van der Waals surface area (Å²) in [4.78, 5) is 0. The van der Waals surface area contributed by atoms with Crippen molar-refractivity contribution in [2.24, 2.45) is 0 Å². The van der Waals surface area contributed by atoms with E-state index >= 15 is 0 Å². The van der Waals surface area contributed by atoms with Crippen LogP contribution in [0.15, 0.2) is 24.3 Å². The summed E-state index contributed by atoms with van der Waals surface area (Å²) >= 11 is 0. The fraction of sp³-hybridized carbons (Fsp3) is 0.417. The molecule has 1 aromatic carbocycles. The fourth-order valence-corrected chi connectivity index (χ4v) is 1.30. The molecule has 0 bridgehead atoms. The topological polar surface area (TPSA) is 45.0 Å². The van der Waals surface area contributed by atoms with E-state index < -0.39 is 0 Å². The molecule has 80 valence electrons. The van der Waals surface area contributed by atoms with Crippen molar-refractivity contribution < 1.29 is 4.74 Å². The summed E-state index contributed by atoms with van der Waals surface area (Å²) in [6.07, 6.45) is 0. The number of rotatable bonds is 5. The molecule has 0 saturated heterocycles. The second-order valence-electron chi connectivity index (χ2n) is 3.55. The van der Waals surface area contributed by atoms with Crippen LogP contribution >= 0.6 is 0 Å². The highest BCUT2D eigenvalue weighted by Gasteiger charge is 2.00. The van der Waals surface area contributed by atoms with Crippen LogP contribution in [0.1, 0.15) is 18.1 Å². The lowest BCUT2D eigenvalue weighted by molar-refractivity contribution is 0.171. The second kappa shape index (κ2) is 6.18. The highest BCUT2D eigenvalue weighted by atomic mass is 16.5. The molecule has 1 aromatic rings. The van der Waals surface area contributed by atoms with Crippen LogP contribution in [0.3, 0.4) is 0 Å². The van der Waals surface area contributed by atoms with Crippen LogP contribution in [-0.4, -0.2) is 19.8 Å². The van der Waals surface area contributed by atoms with Crippen molar-refractivity contribution in [2.45, 2.75) is 19.5 Å². The maximum absolute atomic E-state index is 8.63. The number of hydrogen-bond acceptors (Lipinski definition) is 3. The minimum absolute atomic E-state index is 0.339.